The fourth-order valence-electron chi connectivity index (χ4n) is 1.93. The van der Waals surface area contributed by atoms with Crippen LogP contribution in [0.25, 0.3) is 0 Å². The molecule has 4 nitrogen and oxygen atoms in total. The highest BCUT2D eigenvalue weighted by atomic mass is 16.2. The molecule has 0 aliphatic carbocycles. The van der Waals surface area contributed by atoms with Crippen LogP contribution in [-0.4, -0.2) is 36.3 Å². The Labute approximate surface area is 103 Å². The summed E-state index contributed by atoms with van der Waals surface area (Å²) in [5, 5.41) is 3.21. The lowest BCUT2D eigenvalue weighted by molar-refractivity contribution is -0.149. The van der Waals surface area contributed by atoms with Crippen molar-refractivity contribution < 1.29 is 9.59 Å². The molecule has 0 bridgehead atoms. The minimum Gasteiger partial charge on any atom is -0.313 e. The summed E-state index contributed by atoms with van der Waals surface area (Å²) in [6.45, 7) is 9.89. The monoisotopic (exact) mass is 238 g/mol. The van der Waals surface area contributed by atoms with Crippen LogP contribution in [0.1, 0.15) is 33.1 Å². The maximum Gasteiger partial charge on any atom is 0.229 e. The molecule has 1 rings (SSSR count). The quantitative estimate of drug-likeness (QED) is 0.431. The molecule has 1 aliphatic heterocycles. The van der Waals surface area contributed by atoms with Gasteiger partial charge in [0, 0.05) is 19.4 Å². The molecule has 4 heteroatoms. The number of carbonyl (C=O) groups is 2. The van der Waals surface area contributed by atoms with E-state index in [1.165, 1.54) is 4.90 Å². The number of nitrogens with one attached hydrogen (secondary N) is 1. The minimum atomic E-state index is -0.0645. The first-order valence-corrected chi connectivity index (χ1v) is 6.25. The van der Waals surface area contributed by atoms with E-state index in [0.717, 1.165) is 18.5 Å². The van der Waals surface area contributed by atoms with Crippen LogP contribution in [0.4, 0.5) is 0 Å². The Morgan fingerprint density at radius 3 is 2.53 bits per heavy atom. The maximum absolute atomic E-state index is 11.7. The largest absolute Gasteiger partial charge is 0.313 e. The molecule has 0 spiro atoms. The van der Waals surface area contributed by atoms with E-state index in [0.29, 0.717) is 25.9 Å². The number of nitrogens with zero attached hydrogens (tertiary/aromatic N) is 1. The molecule has 1 N–H and O–H groups in total. The number of imide groups is 1. The first kappa shape index (κ1) is 13.9. The summed E-state index contributed by atoms with van der Waals surface area (Å²) in [5.41, 5.74) is 0.884. The van der Waals surface area contributed by atoms with Crippen molar-refractivity contribution in [3.8, 4) is 0 Å². The smallest absolute Gasteiger partial charge is 0.229 e. The van der Waals surface area contributed by atoms with Crippen LogP contribution in [0.3, 0.4) is 0 Å². The van der Waals surface area contributed by atoms with Crippen molar-refractivity contribution in [3.05, 3.63) is 12.2 Å². The molecule has 0 aromatic rings. The van der Waals surface area contributed by atoms with Crippen molar-refractivity contribution in [2.75, 3.05) is 19.6 Å². The Balaban J connectivity index is 2.41. The lowest BCUT2D eigenvalue weighted by Gasteiger charge is -2.28. The maximum atomic E-state index is 11.7. The highest BCUT2D eigenvalue weighted by Crippen LogP contribution is 2.19. The predicted molar refractivity (Wildman–Crippen MR) is 67.4 cm³/mol. The molecule has 0 atom stereocenters. The van der Waals surface area contributed by atoms with E-state index in [1.807, 2.05) is 6.92 Å². The summed E-state index contributed by atoms with van der Waals surface area (Å²) in [4.78, 5) is 24.8. The van der Waals surface area contributed by atoms with E-state index in [9.17, 15) is 9.59 Å². The van der Waals surface area contributed by atoms with Gasteiger partial charge in [0.05, 0.1) is 6.54 Å². The van der Waals surface area contributed by atoms with Gasteiger partial charge >= 0.3 is 0 Å². The summed E-state index contributed by atoms with van der Waals surface area (Å²) in [7, 11) is 0. The van der Waals surface area contributed by atoms with Crippen molar-refractivity contribution in [3.63, 3.8) is 0 Å². The van der Waals surface area contributed by atoms with Crippen molar-refractivity contribution in [2.45, 2.75) is 33.1 Å². The van der Waals surface area contributed by atoms with Gasteiger partial charge in [0.1, 0.15) is 0 Å². The molecule has 1 fully saturated rings. The molecule has 0 aromatic carbocycles. The van der Waals surface area contributed by atoms with Gasteiger partial charge in [-0.25, -0.2) is 0 Å². The van der Waals surface area contributed by atoms with E-state index < -0.39 is 0 Å². The number of likely N-dealkylation sites (tertiary alicyclic amines) is 1. The molecular formula is C13H22N2O2. The molecule has 1 saturated heterocycles. The second kappa shape index (κ2) is 6.55. The number of piperidine rings is 1. The van der Waals surface area contributed by atoms with E-state index >= 15 is 0 Å². The van der Waals surface area contributed by atoms with Gasteiger partial charge in [0.15, 0.2) is 0 Å². The van der Waals surface area contributed by atoms with Gasteiger partial charge in [-0.2, -0.15) is 0 Å². The predicted octanol–water partition coefficient (Wildman–Crippen LogP) is 1.33. The van der Waals surface area contributed by atoms with Gasteiger partial charge in [-0.05, 0) is 24.5 Å². The lowest BCUT2D eigenvalue weighted by Crippen LogP contribution is -2.44. The van der Waals surface area contributed by atoms with Crippen molar-refractivity contribution in [2.24, 2.45) is 5.92 Å². The Bertz CT molecular complexity index is 295. The molecule has 1 heterocycles. The van der Waals surface area contributed by atoms with Gasteiger partial charge in [-0.3, -0.25) is 14.5 Å². The van der Waals surface area contributed by atoms with Crippen LogP contribution in [0.15, 0.2) is 12.2 Å². The average molecular weight is 238 g/mol. The molecule has 96 valence electrons. The minimum absolute atomic E-state index is 0.0645. The van der Waals surface area contributed by atoms with Crippen LogP contribution in [0, 0.1) is 5.92 Å². The summed E-state index contributed by atoms with van der Waals surface area (Å²) in [6.07, 6.45) is 2.01. The molecule has 2 amide bonds. The fraction of sp³-hybridized carbons (Fsp3) is 0.692. The second-order valence-corrected chi connectivity index (χ2v) is 4.81. The summed E-state index contributed by atoms with van der Waals surface area (Å²) >= 11 is 0. The van der Waals surface area contributed by atoms with E-state index in [1.54, 1.807) is 0 Å². The number of amides is 2. The van der Waals surface area contributed by atoms with E-state index in [4.69, 9.17) is 0 Å². The summed E-state index contributed by atoms with van der Waals surface area (Å²) in [5.74, 6) is 0.0496. The number of hydrogen-bond donors (Lipinski definition) is 1. The van der Waals surface area contributed by atoms with Crippen molar-refractivity contribution in [1.82, 2.24) is 10.2 Å². The Kier molecular flexibility index (Phi) is 5.35. The third-order valence-corrected chi connectivity index (χ3v) is 2.83. The summed E-state index contributed by atoms with van der Waals surface area (Å²) in [6, 6.07) is 0. The van der Waals surface area contributed by atoms with E-state index in [-0.39, 0.29) is 17.7 Å². The third kappa shape index (κ3) is 4.30. The Morgan fingerprint density at radius 1 is 1.41 bits per heavy atom. The van der Waals surface area contributed by atoms with E-state index in [2.05, 4.69) is 18.8 Å². The van der Waals surface area contributed by atoms with Crippen LogP contribution in [0.5, 0.6) is 0 Å². The zero-order valence-corrected chi connectivity index (χ0v) is 10.8. The van der Waals surface area contributed by atoms with Crippen molar-refractivity contribution >= 4 is 11.8 Å². The number of carbonyl (C=O) groups excluding carboxylic acids is 2. The van der Waals surface area contributed by atoms with Crippen LogP contribution < -0.4 is 5.32 Å². The SMILES string of the molecule is C=C(CNCCC)CN1C(=O)CC(C)CC1=O. The van der Waals surface area contributed by atoms with Gasteiger partial charge in [-0.15, -0.1) is 0 Å². The lowest BCUT2D eigenvalue weighted by atomic mass is 9.97. The van der Waals surface area contributed by atoms with Crippen LogP contribution >= 0.6 is 0 Å². The Morgan fingerprint density at radius 2 is 2.00 bits per heavy atom. The van der Waals surface area contributed by atoms with Gasteiger partial charge in [0.25, 0.3) is 0 Å². The molecular weight excluding hydrogens is 216 g/mol. The first-order chi connectivity index (χ1) is 8.04. The molecule has 0 unspecified atom stereocenters. The second-order valence-electron chi connectivity index (χ2n) is 4.81. The van der Waals surface area contributed by atoms with Gasteiger partial charge in [-0.1, -0.05) is 20.4 Å². The van der Waals surface area contributed by atoms with Crippen molar-refractivity contribution in [1.29, 1.82) is 0 Å². The summed E-state index contributed by atoms with van der Waals surface area (Å²) < 4.78 is 0. The molecule has 0 saturated carbocycles. The zero-order chi connectivity index (χ0) is 12.8. The highest BCUT2D eigenvalue weighted by Gasteiger charge is 2.30. The Hall–Kier alpha value is -1.16. The molecule has 1 aliphatic rings. The average Bonchev–Trinajstić information content (AvgIpc) is 2.24. The molecule has 0 radical (unpaired) electrons. The molecule has 17 heavy (non-hydrogen) atoms. The van der Waals surface area contributed by atoms with Gasteiger partial charge < -0.3 is 5.32 Å². The first-order valence-electron chi connectivity index (χ1n) is 6.25. The zero-order valence-electron chi connectivity index (χ0n) is 10.8. The van der Waals surface area contributed by atoms with Crippen LogP contribution in [0.2, 0.25) is 0 Å². The van der Waals surface area contributed by atoms with Crippen LogP contribution in [-0.2, 0) is 9.59 Å². The van der Waals surface area contributed by atoms with Gasteiger partial charge in [0.2, 0.25) is 11.8 Å². The topological polar surface area (TPSA) is 49.4 Å². The number of rotatable bonds is 6. The number of hydrogen-bond acceptors (Lipinski definition) is 3. The highest BCUT2D eigenvalue weighted by molar-refractivity contribution is 5.98. The molecule has 0 aromatic heterocycles. The normalized spacial score (nSPS) is 17.6. The standard InChI is InChI=1S/C13H22N2O2/c1-4-5-14-8-11(3)9-15-12(16)6-10(2)7-13(15)17/h10,14H,3-9H2,1-2H3. The fourth-order valence-corrected chi connectivity index (χ4v) is 1.93. The third-order valence-electron chi connectivity index (χ3n) is 2.83.